The summed E-state index contributed by atoms with van der Waals surface area (Å²) < 4.78 is 48.5. The first-order valence-corrected chi connectivity index (χ1v) is 8.76. The predicted octanol–water partition coefficient (Wildman–Crippen LogP) is 4.53. The molecule has 1 heterocycles. The van der Waals surface area contributed by atoms with Crippen molar-refractivity contribution in [2.75, 3.05) is 18.5 Å². The number of hydrogen-bond donors (Lipinski definition) is 1. The van der Waals surface area contributed by atoms with Crippen LogP contribution in [0.15, 0.2) is 18.2 Å². The zero-order valence-electron chi connectivity index (χ0n) is 13.4. The van der Waals surface area contributed by atoms with Crippen LogP contribution in [0.4, 0.5) is 23.7 Å². The summed E-state index contributed by atoms with van der Waals surface area (Å²) in [5.41, 5.74) is -2.59. The third kappa shape index (κ3) is 3.08. The van der Waals surface area contributed by atoms with Gasteiger partial charge in [0.25, 0.3) is 0 Å². The van der Waals surface area contributed by atoms with Crippen molar-refractivity contribution in [3.05, 3.63) is 28.8 Å². The fourth-order valence-corrected chi connectivity index (χ4v) is 3.39. The van der Waals surface area contributed by atoms with E-state index in [1.54, 1.807) is 0 Å². The lowest BCUT2D eigenvalue weighted by Crippen LogP contribution is -2.54. The molecule has 1 aliphatic heterocycles. The van der Waals surface area contributed by atoms with E-state index in [0.717, 1.165) is 12.8 Å². The fourth-order valence-electron chi connectivity index (χ4n) is 3.22. The summed E-state index contributed by atoms with van der Waals surface area (Å²) in [5, 5.41) is 2.78. The standard InChI is InChI=1S/C17H18ClF3N2O2/c18-11-3-6-14-13(7-11)16(17(19,20)21,25-8-10-1-2-10)9-23(12-4-5-12)15(24)22-14/h3,6-7,10,12H,1-2,4-5,8-9H2,(H,22,24). The topological polar surface area (TPSA) is 41.6 Å². The largest absolute Gasteiger partial charge is 0.423 e. The smallest absolute Gasteiger partial charge is 0.359 e. The maximum absolute atomic E-state index is 14.3. The Morgan fingerprint density at radius 2 is 2.00 bits per heavy atom. The van der Waals surface area contributed by atoms with Crippen LogP contribution >= 0.6 is 11.6 Å². The van der Waals surface area contributed by atoms with Crippen molar-refractivity contribution in [2.45, 2.75) is 43.5 Å². The van der Waals surface area contributed by atoms with E-state index in [1.165, 1.54) is 23.1 Å². The third-order valence-corrected chi connectivity index (χ3v) is 5.26. The van der Waals surface area contributed by atoms with Crippen molar-refractivity contribution in [2.24, 2.45) is 5.92 Å². The molecule has 4 nitrogen and oxygen atoms in total. The molecule has 136 valence electrons. The van der Waals surface area contributed by atoms with Gasteiger partial charge in [-0.3, -0.25) is 0 Å². The van der Waals surface area contributed by atoms with E-state index >= 15 is 0 Å². The number of fused-ring (bicyclic) bond motifs is 1. The number of carbonyl (C=O) groups is 1. The molecule has 2 aliphatic carbocycles. The number of nitrogens with zero attached hydrogens (tertiary/aromatic N) is 1. The van der Waals surface area contributed by atoms with Gasteiger partial charge in [0.1, 0.15) is 0 Å². The van der Waals surface area contributed by atoms with Crippen LogP contribution in [0, 0.1) is 5.92 Å². The second kappa shape index (κ2) is 5.77. The van der Waals surface area contributed by atoms with Crippen molar-refractivity contribution >= 4 is 23.3 Å². The van der Waals surface area contributed by atoms with Gasteiger partial charge in [0, 0.05) is 22.3 Å². The molecule has 0 saturated heterocycles. The highest BCUT2D eigenvalue weighted by Gasteiger charge is 2.62. The Labute approximate surface area is 148 Å². The van der Waals surface area contributed by atoms with Gasteiger partial charge in [0.2, 0.25) is 5.60 Å². The van der Waals surface area contributed by atoms with Gasteiger partial charge in [0.05, 0.1) is 13.2 Å². The van der Waals surface area contributed by atoms with Crippen LogP contribution in [-0.4, -0.2) is 36.3 Å². The van der Waals surface area contributed by atoms with E-state index in [9.17, 15) is 18.0 Å². The minimum Gasteiger partial charge on any atom is -0.359 e. The number of ether oxygens (including phenoxy) is 1. The van der Waals surface area contributed by atoms with Crippen molar-refractivity contribution < 1.29 is 22.7 Å². The molecule has 0 spiro atoms. The lowest BCUT2D eigenvalue weighted by molar-refractivity contribution is -0.288. The van der Waals surface area contributed by atoms with E-state index < -0.39 is 24.4 Å². The SMILES string of the molecule is O=C1Nc2ccc(Cl)cc2C(OCC2CC2)(C(F)(F)F)CN1C1CC1. The van der Waals surface area contributed by atoms with Gasteiger partial charge in [-0.05, 0) is 49.8 Å². The summed E-state index contributed by atoms with van der Waals surface area (Å²) in [4.78, 5) is 13.7. The molecule has 3 aliphatic rings. The molecular weight excluding hydrogens is 357 g/mol. The summed E-state index contributed by atoms with van der Waals surface area (Å²) in [7, 11) is 0. The van der Waals surface area contributed by atoms with Crippen LogP contribution in [0.3, 0.4) is 0 Å². The number of urea groups is 1. The molecule has 1 N–H and O–H groups in total. The molecule has 1 unspecified atom stereocenters. The van der Waals surface area contributed by atoms with E-state index in [2.05, 4.69) is 5.32 Å². The van der Waals surface area contributed by atoms with Gasteiger partial charge >= 0.3 is 12.2 Å². The monoisotopic (exact) mass is 374 g/mol. The zero-order chi connectivity index (χ0) is 17.8. The number of alkyl halides is 3. The van der Waals surface area contributed by atoms with Gasteiger partial charge in [-0.25, -0.2) is 4.79 Å². The lowest BCUT2D eigenvalue weighted by atomic mass is 9.90. The number of nitrogens with one attached hydrogen (secondary N) is 1. The summed E-state index contributed by atoms with van der Waals surface area (Å²) in [6.45, 7) is -0.523. The van der Waals surface area contributed by atoms with Gasteiger partial charge in [-0.15, -0.1) is 0 Å². The molecule has 2 saturated carbocycles. The summed E-state index contributed by atoms with van der Waals surface area (Å²) in [6.07, 6.45) is -1.51. The van der Waals surface area contributed by atoms with Gasteiger partial charge in [0.15, 0.2) is 0 Å². The summed E-state index contributed by atoms with van der Waals surface area (Å²) >= 11 is 5.98. The van der Waals surface area contributed by atoms with Crippen molar-refractivity contribution in [1.29, 1.82) is 0 Å². The van der Waals surface area contributed by atoms with Crippen molar-refractivity contribution in [1.82, 2.24) is 4.90 Å². The van der Waals surface area contributed by atoms with Gasteiger partial charge < -0.3 is 15.0 Å². The van der Waals surface area contributed by atoms with Crippen molar-refractivity contribution in [3.63, 3.8) is 0 Å². The Hall–Kier alpha value is -1.47. The molecule has 1 atom stereocenters. The molecule has 1 aromatic carbocycles. The highest BCUT2D eigenvalue weighted by Crippen LogP contribution is 2.50. The molecular formula is C17H18ClF3N2O2. The van der Waals surface area contributed by atoms with E-state index in [4.69, 9.17) is 16.3 Å². The first-order chi connectivity index (χ1) is 11.8. The zero-order valence-corrected chi connectivity index (χ0v) is 14.2. The molecule has 0 aromatic heterocycles. The van der Waals surface area contributed by atoms with Crippen LogP contribution in [0.1, 0.15) is 31.2 Å². The predicted molar refractivity (Wildman–Crippen MR) is 86.6 cm³/mol. The summed E-state index contributed by atoms with van der Waals surface area (Å²) in [6, 6.07) is 3.44. The average molecular weight is 375 g/mol. The lowest BCUT2D eigenvalue weighted by Gasteiger charge is -2.38. The number of rotatable bonds is 4. The number of amides is 2. The highest BCUT2D eigenvalue weighted by molar-refractivity contribution is 6.30. The molecule has 8 heteroatoms. The fraction of sp³-hybridized carbons (Fsp3) is 0.588. The van der Waals surface area contributed by atoms with Gasteiger partial charge in [-0.1, -0.05) is 11.6 Å². The number of carbonyl (C=O) groups excluding carboxylic acids is 1. The molecule has 0 radical (unpaired) electrons. The quantitative estimate of drug-likeness (QED) is 0.841. The normalized spacial score (nSPS) is 26.9. The Morgan fingerprint density at radius 1 is 1.28 bits per heavy atom. The average Bonchev–Trinajstić information content (AvgIpc) is 3.40. The van der Waals surface area contributed by atoms with Crippen LogP contribution < -0.4 is 5.32 Å². The first kappa shape index (κ1) is 17.0. The van der Waals surface area contributed by atoms with Crippen LogP contribution in [-0.2, 0) is 10.3 Å². The molecule has 2 fully saturated rings. The molecule has 1 aromatic rings. The van der Waals surface area contributed by atoms with Crippen LogP contribution in [0.5, 0.6) is 0 Å². The number of hydrogen-bond acceptors (Lipinski definition) is 2. The van der Waals surface area contributed by atoms with Crippen LogP contribution in [0.25, 0.3) is 0 Å². The maximum atomic E-state index is 14.3. The first-order valence-electron chi connectivity index (χ1n) is 8.38. The van der Waals surface area contributed by atoms with E-state index in [-0.39, 0.29) is 34.8 Å². The van der Waals surface area contributed by atoms with Gasteiger partial charge in [-0.2, -0.15) is 13.2 Å². The van der Waals surface area contributed by atoms with Crippen LogP contribution in [0.2, 0.25) is 5.02 Å². The highest BCUT2D eigenvalue weighted by atomic mass is 35.5. The minimum absolute atomic E-state index is 0.0260. The minimum atomic E-state index is -4.68. The Morgan fingerprint density at radius 3 is 2.60 bits per heavy atom. The Kier molecular flexibility index (Phi) is 3.92. The molecule has 4 rings (SSSR count). The molecule has 2 amide bonds. The van der Waals surface area contributed by atoms with E-state index in [0.29, 0.717) is 12.8 Å². The number of benzene rings is 1. The third-order valence-electron chi connectivity index (χ3n) is 5.02. The second-order valence-electron chi connectivity index (χ2n) is 7.06. The molecule has 25 heavy (non-hydrogen) atoms. The second-order valence-corrected chi connectivity index (χ2v) is 7.49. The summed E-state index contributed by atoms with van der Waals surface area (Å²) in [5.74, 6) is 0.156. The molecule has 0 bridgehead atoms. The maximum Gasteiger partial charge on any atom is 0.423 e. The number of halogens is 4. The van der Waals surface area contributed by atoms with Crippen molar-refractivity contribution in [3.8, 4) is 0 Å². The Bertz CT molecular complexity index is 704. The number of anilines is 1. The Balaban J connectivity index is 1.83. The van der Waals surface area contributed by atoms with E-state index in [1.807, 2.05) is 0 Å².